The Hall–Kier alpha value is 0.200. The molecule has 0 aliphatic rings. The summed E-state index contributed by atoms with van der Waals surface area (Å²) in [5.74, 6) is 0.598. The summed E-state index contributed by atoms with van der Waals surface area (Å²) in [6.45, 7) is 2.43. The Morgan fingerprint density at radius 1 is 1.73 bits per heavy atom. The number of rotatable bonds is 4. The van der Waals surface area contributed by atoms with Crippen LogP contribution in [0.2, 0.25) is 0 Å². The van der Waals surface area contributed by atoms with Gasteiger partial charge in [0, 0.05) is 12.2 Å². The fraction of sp³-hybridized carbons (Fsp3) is 0.667. The van der Waals surface area contributed by atoms with Crippen molar-refractivity contribution in [2.75, 3.05) is 12.4 Å². The van der Waals surface area contributed by atoms with Crippen LogP contribution in [0, 0.1) is 0 Å². The van der Waals surface area contributed by atoms with Gasteiger partial charge in [0.25, 0.3) is 0 Å². The van der Waals surface area contributed by atoms with Crippen molar-refractivity contribution >= 4 is 45.2 Å². The van der Waals surface area contributed by atoms with Gasteiger partial charge in [-0.05, 0) is 30.7 Å². The number of thiocarbonyl (C=S) groups is 1. The number of hydrogen-bond donors (Lipinski definition) is 0. The Labute approximate surface area is 80.6 Å². The maximum atomic E-state index is 10.3. The number of hydrogen-bond acceptors (Lipinski definition) is 4. The van der Waals surface area contributed by atoms with Crippen LogP contribution in [-0.2, 0) is 9.53 Å². The number of thioether (sulfide) groups is 1. The number of ether oxygens (including phenoxy) is 1. The topological polar surface area (TPSA) is 26.3 Å². The molecule has 0 bridgehead atoms. The highest BCUT2D eigenvalue weighted by atomic mass is 35.5. The van der Waals surface area contributed by atoms with E-state index in [0.29, 0.717) is 23.2 Å². The molecule has 2 nitrogen and oxygen atoms in total. The molecule has 0 heterocycles. The van der Waals surface area contributed by atoms with E-state index in [1.165, 1.54) is 11.8 Å². The summed E-state index contributed by atoms with van der Waals surface area (Å²) in [6, 6.07) is 0. The Morgan fingerprint density at radius 3 is 2.82 bits per heavy atom. The lowest BCUT2D eigenvalue weighted by Crippen LogP contribution is -1.98. The van der Waals surface area contributed by atoms with Gasteiger partial charge in [-0.3, -0.25) is 4.79 Å². The number of carbonyl (C=O) groups excluding carboxylic acids is 1. The Kier molecular flexibility index (Phi) is 7.01. The van der Waals surface area contributed by atoms with Gasteiger partial charge in [0.05, 0.1) is 6.61 Å². The first-order valence-corrected chi connectivity index (χ1v) is 4.92. The second-order valence-electron chi connectivity index (χ2n) is 1.64. The normalized spacial score (nSPS) is 9.27. The Bertz CT molecular complexity index is 150. The second kappa shape index (κ2) is 6.88. The minimum Gasteiger partial charge on any atom is -0.479 e. The van der Waals surface area contributed by atoms with Crippen molar-refractivity contribution in [1.29, 1.82) is 0 Å². The first-order valence-electron chi connectivity index (χ1n) is 3.14. The van der Waals surface area contributed by atoms with E-state index in [4.69, 9.17) is 28.6 Å². The molecule has 64 valence electrons. The van der Waals surface area contributed by atoms with Gasteiger partial charge in [-0.25, -0.2) is 0 Å². The van der Waals surface area contributed by atoms with Crippen molar-refractivity contribution < 1.29 is 9.53 Å². The van der Waals surface area contributed by atoms with Crippen LogP contribution in [0.5, 0.6) is 0 Å². The highest BCUT2D eigenvalue weighted by Crippen LogP contribution is 2.08. The summed E-state index contributed by atoms with van der Waals surface area (Å²) in [4.78, 5) is 10.3. The summed E-state index contributed by atoms with van der Waals surface area (Å²) in [7, 11) is 0. The summed E-state index contributed by atoms with van der Waals surface area (Å²) in [5.41, 5.74) is 0. The molecule has 0 fully saturated rings. The molecule has 0 saturated heterocycles. The standard InChI is InChI=1S/C6H9ClO2S2/c1-2-9-6(10)11-4-3-5(7)8/h2-4H2,1H3. The van der Waals surface area contributed by atoms with Crippen molar-refractivity contribution in [2.24, 2.45) is 0 Å². The van der Waals surface area contributed by atoms with E-state index in [0.717, 1.165) is 0 Å². The highest BCUT2D eigenvalue weighted by molar-refractivity contribution is 8.22. The maximum Gasteiger partial charge on any atom is 0.222 e. The van der Waals surface area contributed by atoms with Gasteiger partial charge >= 0.3 is 0 Å². The molecule has 0 N–H and O–H groups in total. The third-order valence-corrected chi connectivity index (χ3v) is 2.20. The smallest absolute Gasteiger partial charge is 0.222 e. The molecular formula is C6H9ClO2S2. The van der Waals surface area contributed by atoms with E-state index in [9.17, 15) is 4.79 Å². The predicted octanol–water partition coefficient (Wildman–Crippen LogP) is 2.20. The van der Waals surface area contributed by atoms with E-state index in [2.05, 4.69) is 0 Å². The minimum absolute atomic E-state index is 0.333. The van der Waals surface area contributed by atoms with Crippen molar-refractivity contribution in [3.05, 3.63) is 0 Å². The van der Waals surface area contributed by atoms with Crippen molar-refractivity contribution in [2.45, 2.75) is 13.3 Å². The highest BCUT2D eigenvalue weighted by Gasteiger charge is 1.99. The average Bonchev–Trinajstić information content (AvgIpc) is 1.87. The molecule has 5 heteroatoms. The van der Waals surface area contributed by atoms with Gasteiger partial charge < -0.3 is 4.74 Å². The van der Waals surface area contributed by atoms with Gasteiger partial charge in [-0.1, -0.05) is 11.8 Å². The summed E-state index contributed by atoms with van der Waals surface area (Å²) in [6.07, 6.45) is 0.333. The molecular weight excluding hydrogens is 204 g/mol. The second-order valence-corrected chi connectivity index (χ2v) is 3.76. The van der Waals surface area contributed by atoms with E-state index in [1.807, 2.05) is 6.92 Å². The molecule has 0 aromatic heterocycles. The molecule has 0 unspecified atom stereocenters. The largest absolute Gasteiger partial charge is 0.479 e. The van der Waals surface area contributed by atoms with Crippen LogP contribution < -0.4 is 0 Å². The zero-order valence-electron chi connectivity index (χ0n) is 6.13. The van der Waals surface area contributed by atoms with Crippen LogP contribution in [0.25, 0.3) is 0 Å². The first kappa shape index (κ1) is 11.2. The first-order chi connectivity index (χ1) is 5.16. The van der Waals surface area contributed by atoms with Crippen molar-refractivity contribution in [3.63, 3.8) is 0 Å². The lowest BCUT2D eigenvalue weighted by Gasteiger charge is -2.01. The molecule has 0 aliphatic heterocycles. The zero-order valence-corrected chi connectivity index (χ0v) is 8.52. The van der Waals surface area contributed by atoms with E-state index in [-0.39, 0.29) is 5.24 Å². The average molecular weight is 213 g/mol. The molecule has 0 atom stereocenters. The Morgan fingerprint density at radius 2 is 2.36 bits per heavy atom. The fourth-order valence-corrected chi connectivity index (χ4v) is 1.60. The Balaban J connectivity index is 3.24. The molecule has 0 aromatic rings. The van der Waals surface area contributed by atoms with Gasteiger partial charge in [-0.15, -0.1) is 0 Å². The van der Waals surface area contributed by atoms with Crippen LogP contribution in [0.3, 0.4) is 0 Å². The third-order valence-electron chi connectivity index (χ3n) is 0.781. The molecule has 0 spiro atoms. The van der Waals surface area contributed by atoms with Crippen LogP contribution in [-0.4, -0.2) is 22.0 Å². The van der Waals surface area contributed by atoms with Gasteiger partial charge in [0.2, 0.25) is 9.63 Å². The predicted molar refractivity (Wildman–Crippen MR) is 52.2 cm³/mol. The molecule has 11 heavy (non-hydrogen) atoms. The van der Waals surface area contributed by atoms with Gasteiger partial charge in [-0.2, -0.15) is 0 Å². The SMILES string of the molecule is CCOC(=S)SCCC(=O)Cl. The van der Waals surface area contributed by atoms with Crippen LogP contribution in [0.4, 0.5) is 0 Å². The van der Waals surface area contributed by atoms with E-state index >= 15 is 0 Å². The van der Waals surface area contributed by atoms with Gasteiger partial charge in [0.15, 0.2) is 0 Å². The molecule has 0 aromatic carbocycles. The number of carbonyl (C=O) groups is 1. The van der Waals surface area contributed by atoms with Crippen LogP contribution >= 0.6 is 35.6 Å². The van der Waals surface area contributed by atoms with Crippen molar-refractivity contribution in [3.8, 4) is 0 Å². The van der Waals surface area contributed by atoms with Crippen LogP contribution in [0.1, 0.15) is 13.3 Å². The van der Waals surface area contributed by atoms with Crippen molar-refractivity contribution in [1.82, 2.24) is 0 Å². The molecule has 0 radical (unpaired) electrons. The lowest BCUT2D eigenvalue weighted by atomic mass is 10.6. The zero-order chi connectivity index (χ0) is 8.69. The van der Waals surface area contributed by atoms with Crippen LogP contribution in [0.15, 0.2) is 0 Å². The quantitative estimate of drug-likeness (QED) is 0.527. The summed E-state index contributed by atoms with van der Waals surface area (Å²) in [5, 5.41) is -0.336. The summed E-state index contributed by atoms with van der Waals surface area (Å²) < 4.78 is 5.44. The summed E-state index contributed by atoms with van der Waals surface area (Å²) >= 11 is 11.2. The minimum atomic E-state index is -0.336. The lowest BCUT2D eigenvalue weighted by molar-refractivity contribution is -0.111. The van der Waals surface area contributed by atoms with E-state index < -0.39 is 0 Å². The molecule has 0 rings (SSSR count). The number of halogens is 1. The maximum absolute atomic E-state index is 10.3. The molecule has 0 amide bonds. The van der Waals surface area contributed by atoms with Gasteiger partial charge in [0.1, 0.15) is 0 Å². The monoisotopic (exact) mass is 212 g/mol. The third kappa shape index (κ3) is 8.10. The molecule has 0 aliphatic carbocycles. The van der Waals surface area contributed by atoms with E-state index in [1.54, 1.807) is 0 Å². The fourth-order valence-electron chi connectivity index (χ4n) is 0.374. The molecule has 0 saturated carbocycles.